The second-order valence-electron chi connectivity index (χ2n) is 3.98. The molecule has 0 spiro atoms. The Bertz CT molecular complexity index is 367. The molecule has 2 rings (SSSR count). The summed E-state index contributed by atoms with van der Waals surface area (Å²) in [6.07, 6.45) is 0.463. The van der Waals surface area contributed by atoms with Gasteiger partial charge in [-0.05, 0) is 18.6 Å². The fourth-order valence-electron chi connectivity index (χ4n) is 1.67. The molecule has 1 aliphatic heterocycles. The van der Waals surface area contributed by atoms with Crippen LogP contribution in [0.5, 0.6) is 11.5 Å². The van der Waals surface area contributed by atoms with E-state index < -0.39 is 0 Å². The van der Waals surface area contributed by atoms with Crippen LogP contribution in [0.1, 0.15) is 13.3 Å². The first kappa shape index (κ1) is 11.1. The summed E-state index contributed by atoms with van der Waals surface area (Å²) in [5.41, 5.74) is 1.02. The molecule has 0 radical (unpaired) electrons. The van der Waals surface area contributed by atoms with Gasteiger partial charge in [-0.2, -0.15) is 0 Å². The summed E-state index contributed by atoms with van der Waals surface area (Å²) in [6, 6.07) is 5.80. The van der Waals surface area contributed by atoms with Gasteiger partial charge in [-0.15, -0.1) is 0 Å². The third-order valence-corrected chi connectivity index (χ3v) is 2.75. The van der Waals surface area contributed by atoms with Crippen molar-refractivity contribution in [2.24, 2.45) is 0 Å². The van der Waals surface area contributed by atoms with E-state index in [0.717, 1.165) is 23.6 Å². The van der Waals surface area contributed by atoms with Crippen LogP contribution in [0.15, 0.2) is 18.2 Å². The van der Waals surface area contributed by atoms with E-state index in [2.05, 4.69) is 0 Å². The predicted molar refractivity (Wildman–Crippen MR) is 62.1 cm³/mol. The molecule has 1 atom stereocenters. The molecule has 0 saturated carbocycles. The summed E-state index contributed by atoms with van der Waals surface area (Å²) < 4.78 is 10.6. The lowest BCUT2D eigenvalue weighted by Crippen LogP contribution is -2.28. The van der Waals surface area contributed by atoms with Crippen LogP contribution in [0, 0.1) is 0 Å². The van der Waals surface area contributed by atoms with E-state index in [1.165, 1.54) is 0 Å². The van der Waals surface area contributed by atoms with E-state index in [0.29, 0.717) is 13.3 Å². The van der Waals surface area contributed by atoms with Gasteiger partial charge in [0.05, 0.1) is 6.10 Å². The Morgan fingerprint density at radius 1 is 1.38 bits per heavy atom. The molecule has 4 nitrogen and oxygen atoms in total. The molecule has 88 valence electrons. The van der Waals surface area contributed by atoms with Crippen LogP contribution in [0.25, 0.3) is 0 Å². The second kappa shape index (κ2) is 4.61. The number of ether oxygens (including phenoxy) is 2. The molecule has 16 heavy (non-hydrogen) atoms. The Morgan fingerprint density at radius 2 is 2.12 bits per heavy atom. The number of benzene rings is 1. The average molecular weight is 223 g/mol. The number of rotatable bonds is 4. The summed E-state index contributed by atoms with van der Waals surface area (Å²) in [7, 11) is 1.95. The molecule has 1 N–H and O–H groups in total. The predicted octanol–water partition coefficient (Wildman–Crippen LogP) is 1.62. The molecule has 1 aromatic carbocycles. The lowest BCUT2D eigenvalue weighted by molar-refractivity contribution is 0.173. The summed E-state index contributed by atoms with van der Waals surface area (Å²) in [6.45, 7) is 2.88. The minimum Gasteiger partial charge on any atom is -0.454 e. The quantitative estimate of drug-likeness (QED) is 0.842. The molecule has 0 aliphatic carbocycles. The lowest BCUT2D eigenvalue weighted by Gasteiger charge is -2.22. The van der Waals surface area contributed by atoms with Gasteiger partial charge in [-0.3, -0.25) is 0 Å². The summed E-state index contributed by atoms with van der Waals surface area (Å²) in [5, 5.41) is 9.59. The fraction of sp³-hybridized carbons (Fsp3) is 0.500. The van der Waals surface area contributed by atoms with Gasteiger partial charge in [-0.25, -0.2) is 0 Å². The van der Waals surface area contributed by atoms with Crippen molar-refractivity contribution in [1.29, 1.82) is 0 Å². The van der Waals surface area contributed by atoms with Gasteiger partial charge in [0.1, 0.15) is 0 Å². The van der Waals surface area contributed by atoms with Crippen molar-refractivity contribution in [2.45, 2.75) is 19.4 Å². The van der Waals surface area contributed by atoms with Gasteiger partial charge < -0.3 is 19.5 Å². The number of nitrogens with zero attached hydrogens (tertiary/aromatic N) is 1. The number of hydrogen-bond acceptors (Lipinski definition) is 4. The Labute approximate surface area is 95.4 Å². The van der Waals surface area contributed by atoms with Crippen LogP contribution >= 0.6 is 0 Å². The minimum absolute atomic E-state index is 0.292. The smallest absolute Gasteiger partial charge is 0.231 e. The Morgan fingerprint density at radius 3 is 2.88 bits per heavy atom. The largest absolute Gasteiger partial charge is 0.454 e. The third kappa shape index (κ3) is 2.22. The maximum atomic E-state index is 9.59. The van der Waals surface area contributed by atoms with Crippen LogP contribution in [0.2, 0.25) is 0 Å². The van der Waals surface area contributed by atoms with Crippen LogP contribution in [-0.2, 0) is 0 Å². The standard InChI is InChI=1S/C12H17NO3/c1-3-10(14)7-13(2)9-4-5-11-12(6-9)16-8-15-11/h4-6,10,14H,3,7-8H2,1-2H3/t10-/m1/s1. The van der Waals surface area contributed by atoms with Crippen molar-refractivity contribution in [1.82, 2.24) is 0 Å². The summed E-state index contributed by atoms with van der Waals surface area (Å²) in [5.74, 6) is 1.56. The Kier molecular flexibility index (Phi) is 3.19. The molecule has 0 fully saturated rings. The fourth-order valence-corrected chi connectivity index (χ4v) is 1.67. The van der Waals surface area contributed by atoms with Gasteiger partial charge in [-0.1, -0.05) is 6.92 Å². The van der Waals surface area contributed by atoms with E-state index in [1.807, 2.05) is 37.1 Å². The highest BCUT2D eigenvalue weighted by Gasteiger charge is 2.15. The van der Waals surface area contributed by atoms with E-state index in [-0.39, 0.29) is 6.10 Å². The Hall–Kier alpha value is -1.42. The zero-order valence-electron chi connectivity index (χ0n) is 9.64. The van der Waals surface area contributed by atoms with Crippen molar-refractivity contribution in [2.75, 3.05) is 25.3 Å². The zero-order chi connectivity index (χ0) is 11.5. The minimum atomic E-state index is -0.296. The van der Waals surface area contributed by atoms with Gasteiger partial charge in [0.2, 0.25) is 6.79 Å². The van der Waals surface area contributed by atoms with Crippen molar-refractivity contribution < 1.29 is 14.6 Å². The molecule has 1 heterocycles. The summed E-state index contributed by atoms with van der Waals surface area (Å²) >= 11 is 0. The highest BCUT2D eigenvalue weighted by molar-refractivity contribution is 5.56. The maximum Gasteiger partial charge on any atom is 0.231 e. The number of anilines is 1. The van der Waals surface area contributed by atoms with Gasteiger partial charge >= 0.3 is 0 Å². The van der Waals surface area contributed by atoms with Crippen LogP contribution in [0.4, 0.5) is 5.69 Å². The first-order chi connectivity index (χ1) is 7.70. The lowest BCUT2D eigenvalue weighted by atomic mass is 10.2. The SMILES string of the molecule is CC[C@@H](O)CN(C)c1ccc2c(c1)OCO2. The van der Waals surface area contributed by atoms with Crippen LogP contribution in [0.3, 0.4) is 0 Å². The molecule has 0 bridgehead atoms. The van der Waals surface area contributed by atoms with Gasteiger partial charge in [0.25, 0.3) is 0 Å². The molecular weight excluding hydrogens is 206 g/mol. The molecule has 0 amide bonds. The highest BCUT2D eigenvalue weighted by atomic mass is 16.7. The third-order valence-electron chi connectivity index (χ3n) is 2.75. The van der Waals surface area contributed by atoms with Gasteiger partial charge in [0.15, 0.2) is 11.5 Å². The summed E-state index contributed by atoms with van der Waals surface area (Å²) in [4.78, 5) is 2.01. The molecular formula is C12H17NO3. The number of fused-ring (bicyclic) bond motifs is 1. The van der Waals surface area contributed by atoms with E-state index in [1.54, 1.807) is 0 Å². The number of aliphatic hydroxyl groups excluding tert-OH is 1. The van der Waals surface area contributed by atoms with Crippen molar-refractivity contribution in [3.63, 3.8) is 0 Å². The molecule has 1 aromatic rings. The first-order valence-electron chi connectivity index (χ1n) is 5.49. The first-order valence-corrected chi connectivity index (χ1v) is 5.49. The zero-order valence-corrected chi connectivity index (χ0v) is 9.64. The number of likely N-dealkylation sites (N-methyl/N-ethyl adjacent to an activating group) is 1. The molecule has 0 saturated heterocycles. The van der Waals surface area contributed by atoms with Crippen LogP contribution in [-0.4, -0.2) is 31.6 Å². The number of hydrogen-bond donors (Lipinski definition) is 1. The molecule has 4 heteroatoms. The second-order valence-corrected chi connectivity index (χ2v) is 3.98. The van der Waals surface area contributed by atoms with Crippen molar-refractivity contribution in [3.05, 3.63) is 18.2 Å². The van der Waals surface area contributed by atoms with Crippen molar-refractivity contribution >= 4 is 5.69 Å². The molecule has 0 aromatic heterocycles. The van der Waals surface area contributed by atoms with Crippen LogP contribution < -0.4 is 14.4 Å². The van der Waals surface area contributed by atoms with Crippen molar-refractivity contribution in [3.8, 4) is 11.5 Å². The topological polar surface area (TPSA) is 41.9 Å². The highest BCUT2D eigenvalue weighted by Crippen LogP contribution is 2.35. The van der Waals surface area contributed by atoms with E-state index in [9.17, 15) is 5.11 Å². The van der Waals surface area contributed by atoms with Gasteiger partial charge in [0, 0.05) is 25.3 Å². The van der Waals surface area contributed by atoms with E-state index >= 15 is 0 Å². The molecule has 0 unspecified atom stereocenters. The Balaban J connectivity index is 2.09. The van der Waals surface area contributed by atoms with E-state index in [4.69, 9.17) is 9.47 Å². The molecule has 1 aliphatic rings. The number of aliphatic hydroxyl groups is 1. The normalized spacial score (nSPS) is 14.9. The monoisotopic (exact) mass is 223 g/mol. The maximum absolute atomic E-state index is 9.59. The average Bonchev–Trinajstić information content (AvgIpc) is 2.75.